The van der Waals surface area contributed by atoms with Crippen molar-refractivity contribution in [2.24, 2.45) is 5.92 Å². The highest BCUT2D eigenvalue weighted by molar-refractivity contribution is 5.40. The Morgan fingerprint density at radius 1 is 1.26 bits per heavy atom. The summed E-state index contributed by atoms with van der Waals surface area (Å²) in [5.41, 5.74) is 2.97. The molecule has 1 aromatic rings. The molecule has 1 unspecified atom stereocenters. The molecule has 1 N–H and O–H groups in total. The Morgan fingerprint density at radius 3 is 2.95 bits per heavy atom. The average Bonchev–Trinajstić information content (AvgIpc) is 3.16. The van der Waals surface area contributed by atoms with Gasteiger partial charge in [0.1, 0.15) is 5.75 Å². The third-order valence-corrected chi connectivity index (χ3v) is 4.32. The van der Waals surface area contributed by atoms with E-state index in [4.69, 9.17) is 4.74 Å². The molecular weight excluding hydrogens is 234 g/mol. The first-order valence-electron chi connectivity index (χ1n) is 7.86. The van der Waals surface area contributed by atoms with Gasteiger partial charge in [0.05, 0.1) is 6.61 Å². The van der Waals surface area contributed by atoms with Crippen molar-refractivity contribution in [1.29, 1.82) is 0 Å². The Bertz CT molecular complexity index is 425. The molecule has 0 aliphatic heterocycles. The molecule has 0 radical (unpaired) electrons. The zero-order valence-electron chi connectivity index (χ0n) is 12.0. The van der Waals surface area contributed by atoms with Gasteiger partial charge in [-0.15, -0.1) is 0 Å². The number of ether oxygens (including phenoxy) is 1. The maximum Gasteiger partial charge on any atom is 0.119 e. The van der Waals surface area contributed by atoms with Crippen LogP contribution in [0.5, 0.6) is 5.75 Å². The molecule has 0 saturated heterocycles. The molecule has 1 fully saturated rings. The summed E-state index contributed by atoms with van der Waals surface area (Å²) in [5.74, 6) is 2.02. The smallest absolute Gasteiger partial charge is 0.119 e. The third-order valence-electron chi connectivity index (χ3n) is 4.32. The van der Waals surface area contributed by atoms with Crippen LogP contribution in [0, 0.1) is 5.92 Å². The van der Waals surface area contributed by atoms with Crippen molar-refractivity contribution in [2.45, 2.75) is 51.5 Å². The minimum atomic E-state index is 0.565. The quantitative estimate of drug-likeness (QED) is 0.803. The SMILES string of the molecule is CCCNC1CCc2cc(OCCC3CC3)ccc21. The highest BCUT2D eigenvalue weighted by Crippen LogP contribution is 2.34. The first kappa shape index (κ1) is 13.0. The Morgan fingerprint density at radius 2 is 2.16 bits per heavy atom. The van der Waals surface area contributed by atoms with Crippen LogP contribution in [0.3, 0.4) is 0 Å². The lowest BCUT2D eigenvalue weighted by Gasteiger charge is -2.14. The van der Waals surface area contributed by atoms with Gasteiger partial charge < -0.3 is 10.1 Å². The predicted octanol–water partition coefficient (Wildman–Crippen LogP) is 3.85. The Kier molecular flexibility index (Phi) is 4.07. The summed E-state index contributed by atoms with van der Waals surface area (Å²) in [6.45, 7) is 4.23. The number of hydrogen-bond acceptors (Lipinski definition) is 2. The van der Waals surface area contributed by atoms with Crippen LogP contribution in [0.25, 0.3) is 0 Å². The topological polar surface area (TPSA) is 21.3 Å². The normalized spacial score (nSPS) is 21.4. The standard InChI is InChI=1S/C17H25NO/c1-2-10-18-17-8-5-14-12-15(6-7-16(14)17)19-11-9-13-3-4-13/h6-7,12-13,17-18H,2-5,8-11H2,1H3. The van der Waals surface area contributed by atoms with E-state index in [-0.39, 0.29) is 0 Å². The van der Waals surface area contributed by atoms with E-state index in [0.29, 0.717) is 6.04 Å². The van der Waals surface area contributed by atoms with Crippen molar-refractivity contribution < 1.29 is 4.74 Å². The van der Waals surface area contributed by atoms with Crippen LogP contribution in [-0.4, -0.2) is 13.2 Å². The second-order valence-electron chi connectivity index (χ2n) is 5.99. The summed E-state index contributed by atoms with van der Waals surface area (Å²) < 4.78 is 5.88. The molecular formula is C17H25NO. The summed E-state index contributed by atoms with van der Waals surface area (Å²) in [5, 5.41) is 3.63. The first-order valence-corrected chi connectivity index (χ1v) is 7.86. The van der Waals surface area contributed by atoms with E-state index in [1.165, 1.54) is 49.7 Å². The molecule has 2 aliphatic carbocycles. The molecule has 0 spiro atoms. The average molecular weight is 259 g/mol. The molecule has 0 heterocycles. The van der Waals surface area contributed by atoms with E-state index in [9.17, 15) is 0 Å². The number of fused-ring (bicyclic) bond motifs is 1. The van der Waals surface area contributed by atoms with Gasteiger partial charge in [0.15, 0.2) is 0 Å². The maximum absolute atomic E-state index is 5.88. The molecule has 0 amide bonds. The minimum Gasteiger partial charge on any atom is -0.494 e. The van der Waals surface area contributed by atoms with Gasteiger partial charge in [-0.1, -0.05) is 25.8 Å². The van der Waals surface area contributed by atoms with Crippen molar-refractivity contribution in [3.05, 3.63) is 29.3 Å². The van der Waals surface area contributed by atoms with E-state index in [1.807, 2.05) is 0 Å². The monoisotopic (exact) mass is 259 g/mol. The molecule has 0 aromatic heterocycles. The van der Waals surface area contributed by atoms with Gasteiger partial charge >= 0.3 is 0 Å². The van der Waals surface area contributed by atoms with Crippen LogP contribution in [0.4, 0.5) is 0 Å². The predicted molar refractivity (Wildman–Crippen MR) is 78.6 cm³/mol. The summed E-state index contributed by atoms with van der Waals surface area (Å²) in [6, 6.07) is 7.24. The summed E-state index contributed by atoms with van der Waals surface area (Å²) in [7, 11) is 0. The third kappa shape index (κ3) is 3.30. The van der Waals surface area contributed by atoms with Gasteiger partial charge in [-0.25, -0.2) is 0 Å². The molecule has 2 heteroatoms. The lowest BCUT2D eigenvalue weighted by molar-refractivity contribution is 0.302. The van der Waals surface area contributed by atoms with E-state index in [0.717, 1.165) is 24.8 Å². The van der Waals surface area contributed by atoms with Gasteiger partial charge in [-0.05, 0) is 61.4 Å². The van der Waals surface area contributed by atoms with Gasteiger partial charge in [-0.2, -0.15) is 0 Å². The van der Waals surface area contributed by atoms with Gasteiger partial charge in [-0.3, -0.25) is 0 Å². The van der Waals surface area contributed by atoms with Crippen molar-refractivity contribution in [3.8, 4) is 5.75 Å². The fraction of sp³-hybridized carbons (Fsp3) is 0.647. The fourth-order valence-corrected chi connectivity index (χ4v) is 2.96. The minimum absolute atomic E-state index is 0.565. The number of benzene rings is 1. The van der Waals surface area contributed by atoms with E-state index in [1.54, 1.807) is 0 Å². The van der Waals surface area contributed by atoms with Crippen LogP contribution < -0.4 is 10.1 Å². The summed E-state index contributed by atoms with van der Waals surface area (Å²) in [4.78, 5) is 0. The molecule has 2 aliphatic rings. The van der Waals surface area contributed by atoms with E-state index < -0.39 is 0 Å². The Hall–Kier alpha value is -1.02. The second-order valence-corrected chi connectivity index (χ2v) is 5.99. The Labute approximate surface area is 116 Å². The highest BCUT2D eigenvalue weighted by atomic mass is 16.5. The zero-order valence-corrected chi connectivity index (χ0v) is 12.0. The number of aryl methyl sites for hydroxylation is 1. The molecule has 1 atom stereocenters. The number of rotatable bonds is 7. The highest BCUT2D eigenvalue weighted by Gasteiger charge is 2.23. The molecule has 1 aromatic carbocycles. The van der Waals surface area contributed by atoms with Crippen molar-refractivity contribution in [3.63, 3.8) is 0 Å². The molecule has 19 heavy (non-hydrogen) atoms. The molecule has 3 rings (SSSR count). The molecule has 1 saturated carbocycles. The summed E-state index contributed by atoms with van der Waals surface area (Å²) >= 11 is 0. The number of nitrogens with one attached hydrogen (secondary N) is 1. The van der Waals surface area contributed by atoms with Gasteiger partial charge in [0, 0.05) is 6.04 Å². The van der Waals surface area contributed by atoms with E-state index >= 15 is 0 Å². The second kappa shape index (κ2) is 5.96. The lowest BCUT2D eigenvalue weighted by Crippen LogP contribution is -2.19. The largest absolute Gasteiger partial charge is 0.494 e. The zero-order chi connectivity index (χ0) is 13.1. The first-order chi connectivity index (χ1) is 9.36. The maximum atomic E-state index is 5.88. The van der Waals surface area contributed by atoms with Crippen LogP contribution in [0.15, 0.2) is 18.2 Å². The Balaban J connectivity index is 1.57. The van der Waals surface area contributed by atoms with Crippen LogP contribution >= 0.6 is 0 Å². The van der Waals surface area contributed by atoms with E-state index in [2.05, 4.69) is 30.4 Å². The van der Waals surface area contributed by atoms with Crippen LogP contribution in [0.2, 0.25) is 0 Å². The molecule has 0 bridgehead atoms. The van der Waals surface area contributed by atoms with Crippen LogP contribution in [0.1, 0.15) is 56.2 Å². The lowest BCUT2D eigenvalue weighted by atomic mass is 10.1. The van der Waals surface area contributed by atoms with Gasteiger partial charge in [0.25, 0.3) is 0 Å². The van der Waals surface area contributed by atoms with Crippen molar-refractivity contribution in [1.82, 2.24) is 5.32 Å². The number of hydrogen-bond donors (Lipinski definition) is 1. The van der Waals surface area contributed by atoms with Gasteiger partial charge in [0.2, 0.25) is 0 Å². The fourth-order valence-electron chi connectivity index (χ4n) is 2.96. The van der Waals surface area contributed by atoms with Crippen LogP contribution in [-0.2, 0) is 6.42 Å². The van der Waals surface area contributed by atoms with Crippen molar-refractivity contribution in [2.75, 3.05) is 13.2 Å². The molecule has 2 nitrogen and oxygen atoms in total. The van der Waals surface area contributed by atoms with Crippen molar-refractivity contribution >= 4 is 0 Å². The summed E-state index contributed by atoms with van der Waals surface area (Å²) in [6.07, 6.45) is 7.69. The molecule has 104 valence electrons.